The van der Waals surface area contributed by atoms with Gasteiger partial charge in [-0.25, -0.2) is 0 Å². The van der Waals surface area contributed by atoms with Crippen molar-refractivity contribution in [2.45, 2.75) is 13.8 Å². The van der Waals surface area contributed by atoms with Crippen LogP contribution >= 0.6 is 0 Å². The van der Waals surface area contributed by atoms with Gasteiger partial charge in [-0.2, -0.15) is 13.8 Å². The molecule has 0 aliphatic rings. The first-order valence-electron chi connectivity index (χ1n) is 1.15. The second-order valence-electron chi connectivity index (χ2n) is 0.577. The second kappa shape index (κ2) is 8.96. The Morgan fingerprint density at radius 3 is 1.25 bits per heavy atom. The maximum atomic E-state index is 2.00. The second-order valence-corrected chi connectivity index (χ2v) is 0.577. The summed E-state index contributed by atoms with van der Waals surface area (Å²) < 4.78 is 0. The van der Waals surface area contributed by atoms with E-state index in [0.29, 0.717) is 0 Å². The van der Waals surface area contributed by atoms with E-state index in [2.05, 4.69) is 0 Å². The van der Waals surface area contributed by atoms with Crippen LogP contribution in [-0.2, 0) is 0 Å². The number of rotatable bonds is 0. The molecule has 4 heavy (non-hydrogen) atoms. The molecule has 0 bridgehead atoms. The van der Waals surface area contributed by atoms with E-state index in [1.807, 2.05) is 20.3 Å². The summed E-state index contributed by atoms with van der Waals surface area (Å²) in [4.78, 5) is 0. The summed E-state index contributed by atoms with van der Waals surface area (Å²) in [6.45, 7) is 4.00. The Bertz CT molecular complexity index is 3.25. The van der Waals surface area contributed by atoms with Gasteiger partial charge in [-0.05, 0) is 0 Å². The van der Waals surface area contributed by atoms with Crippen molar-refractivity contribution >= 4 is 0 Å². The fourth-order valence-electron chi connectivity index (χ4n) is 0. The molecule has 0 N–H and O–H groups in total. The Labute approximate surface area is 51.3 Å². The third-order valence-corrected chi connectivity index (χ3v) is 0. The molecule has 0 aromatic heterocycles. The van der Waals surface area contributed by atoms with E-state index in [1.54, 1.807) is 0 Å². The summed E-state index contributed by atoms with van der Waals surface area (Å²) in [6, 6.07) is 0. The average molecular weight is 281 g/mol. The molecule has 0 aromatic carbocycles. The van der Waals surface area contributed by atoms with Gasteiger partial charge < -0.3 is 6.42 Å². The number of hydrogen-bond donors (Lipinski definition) is 0. The Hall–Kier alpha value is 1.05. The molecule has 0 heterocycles. The molecule has 0 amide bonds. The monoisotopic (exact) mass is 281 g/mol. The molecule has 0 atom stereocenters. The van der Waals surface area contributed by atoms with Crippen molar-refractivity contribution < 1.29 is 31.1 Å². The quantitative estimate of drug-likeness (QED) is 0.586. The first kappa shape index (κ1) is 8.90. The summed E-state index contributed by atoms with van der Waals surface area (Å²) in [5, 5.41) is 0. The van der Waals surface area contributed by atoms with E-state index in [4.69, 9.17) is 0 Å². The zero-order valence-corrected chi connectivity index (χ0v) is 7.24. The molecule has 0 aliphatic heterocycles. The standard InChI is InChI=1S/C3H7.U/c1-3-2;/h3H,1-2H3;/q-1;. The first-order valence-corrected chi connectivity index (χ1v) is 1.15. The third-order valence-electron chi connectivity index (χ3n) is 0. The van der Waals surface area contributed by atoms with Gasteiger partial charge in [0.05, 0.1) is 0 Å². The van der Waals surface area contributed by atoms with Gasteiger partial charge in [0.1, 0.15) is 0 Å². The molecule has 0 aromatic rings. The van der Waals surface area contributed by atoms with Crippen molar-refractivity contribution in [2.75, 3.05) is 0 Å². The van der Waals surface area contributed by atoms with Crippen molar-refractivity contribution in [1.29, 1.82) is 0 Å². The fourth-order valence-corrected chi connectivity index (χ4v) is 0. The van der Waals surface area contributed by atoms with Gasteiger partial charge in [-0.3, -0.25) is 0 Å². The largest absolute Gasteiger partial charge is 0.335 e. The molecule has 0 saturated carbocycles. The van der Waals surface area contributed by atoms with Crippen molar-refractivity contribution in [3.05, 3.63) is 6.42 Å². The molecule has 1 heteroatoms. The Morgan fingerprint density at radius 1 is 1.25 bits per heavy atom. The molecular weight excluding hydrogens is 274 g/mol. The van der Waals surface area contributed by atoms with Gasteiger partial charge in [-0.1, -0.05) is 0 Å². The minimum Gasteiger partial charge on any atom is -0.335 e. The molecule has 0 radical (unpaired) electrons. The maximum Gasteiger partial charge on any atom is 0 e. The van der Waals surface area contributed by atoms with Crippen LogP contribution in [0.15, 0.2) is 0 Å². The molecular formula is C3H7U-. The summed E-state index contributed by atoms with van der Waals surface area (Å²) >= 11 is 0. The van der Waals surface area contributed by atoms with E-state index in [9.17, 15) is 0 Å². The van der Waals surface area contributed by atoms with Crippen molar-refractivity contribution in [2.24, 2.45) is 0 Å². The molecule has 0 aliphatic carbocycles. The van der Waals surface area contributed by atoms with Crippen molar-refractivity contribution in [3.8, 4) is 0 Å². The van der Waals surface area contributed by atoms with E-state index < -0.39 is 0 Å². The van der Waals surface area contributed by atoms with Gasteiger partial charge in [0.2, 0.25) is 0 Å². The van der Waals surface area contributed by atoms with Crippen LogP contribution in [-0.4, -0.2) is 0 Å². The normalized spacial score (nSPS) is 4.50. The minimum absolute atomic E-state index is 0. The van der Waals surface area contributed by atoms with E-state index >= 15 is 0 Å². The zero-order valence-electron chi connectivity index (χ0n) is 3.08. The first-order chi connectivity index (χ1) is 1.41. The van der Waals surface area contributed by atoms with E-state index in [0.717, 1.165) is 0 Å². The van der Waals surface area contributed by atoms with Crippen LogP contribution in [0.25, 0.3) is 0 Å². The van der Waals surface area contributed by atoms with Crippen LogP contribution in [0.2, 0.25) is 0 Å². The predicted octanol–water partition coefficient (Wildman–Crippen LogP) is 1.23. The van der Waals surface area contributed by atoms with Crippen LogP contribution in [0.4, 0.5) is 0 Å². The minimum atomic E-state index is 0. The van der Waals surface area contributed by atoms with Gasteiger partial charge in [0, 0.05) is 31.1 Å². The molecule has 0 unspecified atom stereocenters. The molecule has 0 rings (SSSR count). The van der Waals surface area contributed by atoms with E-state index in [1.165, 1.54) is 0 Å². The fraction of sp³-hybridized carbons (Fsp3) is 0.667. The van der Waals surface area contributed by atoms with Crippen LogP contribution in [0.1, 0.15) is 13.8 Å². The SMILES string of the molecule is C[CH-]C.[U]. The summed E-state index contributed by atoms with van der Waals surface area (Å²) in [7, 11) is 0. The van der Waals surface area contributed by atoms with Gasteiger partial charge >= 0.3 is 0 Å². The average Bonchev–Trinajstić information content (AvgIpc) is 0.918. The Morgan fingerprint density at radius 2 is 1.25 bits per heavy atom. The summed E-state index contributed by atoms with van der Waals surface area (Å²) in [6.07, 6.45) is 2.00. The molecule has 0 fully saturated rings. The van der Waals surface area contributed by atoms with E-state index in [-0.39, 0.29) is 31.1 Å². The zero-order chi connectivity index (χ0) is 2.71. The molecule has 0 nitrogen and oxygen atoms in total. The number of hydrogen-bond acceptors (Lipinski definition) is 0. The van der Waals surface area contributed by atoms with Crippen LogP contribution < -0.4 is 0 Å². The molecule has 0 saturated heterocycles. The van der Waals surface area contributed by atoms with Gasteiger partial charge in [0.15, 0.2) is 0 Å². The van der Waals surface area contributed by atoms with Crippen molar-refractivity contribution in [1.82, 2.24) is 0 Å². The van der Waals surface area contributed by atoms with Gasteiger partial charge in [-0.15, -0.1) is 0 Å². The van der Waals surface area contributed by atoms with Gasteiger partial charge in [0.25, 0.3) is 0 Å². The Kier molecular flexibility index (Phi) is 20.0. The maximum absolute atomic E-state index is 2.00. The van der Waals surface area contributed by atoms with Crippen molar-refractivity contribution in [3.63, 3.8) is 0 Å². The van der Waals surface area contributed by atoms with Crippen LogP contribution in [0.3, 0.4) is 0 Å². The smallest absolute Gasteiger partial charge is 0 e. The Balaban J connectivity index is 0. The topological polar surface area (TPSA) is 0 Å². The summed E-state index contributed by atoms with van der Waals surface area (Å²) in [5.74, 6) is 0. The third kappa shape index (κ3) is 11.6. The van der Waals surface area contributed by atoms with Crippen LogP contribution in [0.5, 0.6) is 0 Å². The van der Waals surface area contributed by atoms with Crippen LogP contribution in [0, 0.1) is 37.5 Å². The molecule has 24 valence electrons. The summed E-state index contributed by atoms with van der Waals surface area (Å²) in [5.41, 5.74) is 0. The predicted molar refractivity (Wildman–Crippen MR) is 15.6 cm³/mol. The molecule has 0 spiro atoms.